The predicted molar refractivity (Wildman–Crippen MR) is 572 cm³/mol. The lowest BCUT2D eigenvalue weighted by Crippen LogP contribution is -2.16. The molecule has 4 aliphatic carbocycles. The van der Waals surface area contributed by atoms with Crippen molar-refractivity contribution in [3.8, 4) is 67.4 Å². The van der Waals surface area contributed by atoms with Gasteiger partial charge in [-0.3, -0.25) is 9.55 Å². The zero-order chi connectivity index (χ0) is 92.2. The van der Waals surface area contributed by atoms with Gasteiger partial charge in [0.2, 0.25) is 5.71 Å². The summed E-state index contributed by atoms with van der Waals surface area (Å²) in [5.74, 6) is 0.918. The molecule has 0 radical (unpaired) electrons. The molecule has 5 aliphatic rings. The molecule has 138 heavy (non-hydrogen) atoms. The average Bonchev–Trinajstić information content (AvgIpc) is 1.62. The summed E-state index contributed by atoms with van der Waals surface area (Å²) in [6.07, 6.45) is 3.03. The highest BCUT2D eigenvalue weighted by molar-refractivity contribution is 6.40. The van der Waals surface area contributed by atoms with Crippen molar-refractivity contribution in [1.82, 2.24) is 14.1 Å². The van der Waals surface area contributed by atoms with Crippen LogP contribution in [0.3, 0.4) is 0 Å². The van der Waals surface area contributed by atoms with E-state index in [1.165, 1.54) is 140 Å². The van der Waals surface area contributed by atoms with Crippen LogP contribution in [0.2, 0.25) is 30.1 Å². The summed E-state index contributed by atoms with van der Waals surface area (Å²) in [5, 5.41) is 8.05. The van der Waals surface area contributed by atoms with E-state index in [9.17, 15) is 0 Å². The summed E-state index contributed by atoms with van der Waals surface area (Å²) in [5.41, 5.74) is 43.2. The smallest absolute Gasteiger partial charge is 0.213 e. The number of aromatic nitrogens is 3. The number of rotatable bonds is 10. The molecule has 0 N–H and O–H groups in total. The van der Waals surface area contributed by atoms with Crippen molar-refractivity contribution >= 4 is 175 Å². The Morgan fingerprint density at radius 3 is 1.09 bits per heavy atom. The summed E-state index contributed by atoms with van der Waals surface area (Å²) in [4.78, 5) is 6.18. The molecule has 28 rings (SSSR count). The number of anilines is 3. The van der Waals surface area contributed by atoms with Gasteiger partial charge in [0.1, 0.15) is 16.7 Å². The van der Waals surface area contributed by atoms with Crippen molar-refractivity contribution in [2.24, 2.45) is 0 Å². The fourth-order valence-electron chi connectivity index (χ4n) is 22.5. The zero-order valence-electron chi connectivity index (χ0n) is 73.9. The lowest BCUT2D eigenvalue weighted by atomic mass is 9.80. The Labute approximate surface area is 825 Å². The van der Waals surface area contributed by atoms with Crippen LogP contribution in [-0.2, 0) is 0 Å². The highest BCUT2D eigenvalue weighted by atomic mass is 35.5. The molecule has 0 saturated carbocycles. The molecular weight excluding hydrogens is 1820 g/mol. The second-order valence-corrected chi connectivity index (χ2v) is 38.1. The van der Waals surface area contributed by atoms with Crippen molar-refractivity contribution in [3.05, 3.63) is 533 Å². The van der Waals surface area contributed by atoms with Crippen LogP contribution in [0.15, 0.2) is 434 Å². The van der Waals surface area contributed by atoms with E-state index in [0.29, 0.717) is 58.3 Å². The van der Waals surface area contributed by atoms with E-state index in [2.05, 4.69) is 347 Å². The summed E-state index contributed by atoms with van der Waals surface area (Å²) in [7, 11) is 0. The molecular formula is C125H76Cl6N4O3. The van der Waals surface area contributed by atoms with E-state index in [-0.39, 0.29) is 11.8 Å². The Kier molecular flexibility index (Phi) is 20.2. The first-order chi connectivity index (χ1) is 67.9. The summed E-state index contributed by atoms with van der Waals surface area (Å²) >= 11 is 41.2. The highest BCUT2D eigenvalue weighted by Crippen LogP contribution is 2.62. The Morgan fingerprint density at radius 1 is 0.297 bits per heavy atom. The molecule has 1 atom stereocenters. The largest absolute Gasteiger partial charge is 0.454 e. The minimum atomic E-state index is -0.679. The first-order valence-corrected chi connectivity index (χ1v) is 48.4. The number of nitrogens with zero attached hydrogens (tertiary/aromatic N) is 4. The molecule has 0 saturated heterocycles. The topological polar surface area (TPSA) is 61.5 Å². The molecule has 7 nitrogen and oxygen atoms in total. The minimum absolute atomic E-state index is 0.0851. The van der Waals surface area contributed by atoms with Gasteiger partial charge in [-0.2, -0.15) is 0 Å². The van der Waals surface area contributed by atoms with Crippen molar-refractivity contribution in [2.45, 2.75) is 24.7 Å². The van der Waals surface area contributed by atoms with Gasteiger partial charge >= 0.3 is 0 Å². The van der Waals surface area contributed by atoms with Crippen LogP contribution in [0.5, 0.6) is 11.5 Å². The number of hydrogen-bond donors (Lipinski definition) is 0. The molecule has 0 spiro atoms. The summed E-state index contributed by atoms with van der Waals surface area (Å²) in [6.45, 7) is 1.91. The number of allylic oxidation sites excluding steroid dienone is 2. The Balaban J connectivity index is 0.000000108. The number of fused-ring (bicyclic) bond motifs is 24. The summed E-state index contributed by atoms with van der Waals surface area (Å²) in [6, 6.07) is 147. The standard InChI is InChI=1S/2C47H29NO.C31H18Cl6N2O/c1-5-17-35-31(13-1)32-14-2-6-18-36(32)44(35)43(45-37-19-7-3-15-33(37)34-16-4-8-20-38(34)45)29-25-27-30(28-26-29)48-41-23-11-9-21-39(41)47-46(48)40-22-10-12-24-42(40)49-47;1-5-17-35-31(13-1)32-14-2-6-18-36(32)44(35)43(45-37-19-7-3-15-33(37)34-16-4-8-20-38(34)45)29-25-27-30(28-26-29)48-41-23-11-9-21-39(41)46-40-22-10-12-24-42(40)49-47(46)48;1-16-10-18(32)28(19(33)11-16)31(30-22(36)14-38-15-23(30)37)29-20(34)12-17(13-21(29)35)39-24-6-2-4-8-26(24)40-27-9-5-3-7-25(27)39/h2*1-28,44H;2-15,31H,1H3. The van der Waals surface area contributed by atoms with E-state index in [0.717, 1.165) is 94.6 Å². The van der Waals surface area contributed by atoms with Crippen LogP contribution in [0.4, 0.5) is 17.1 Å². The van der Waals surface area contributed by atoms with E-state index >= 15 is 0 Å². The maximum atomic E-state index is 7.11. The molecule has 6 heterocycles. The predicted octanol–water partition coefficient (Wildman–Crippen LogP) is 36.6. The third-order valence-electron chi connectivity index (χ3n) is 28.1. The number of ether oxygens (including phenoxy) is 1. The lowest BCUT2D eigenvalue weighted by molar-refractivity contribution is 0.477. The van der Waals surface area contributed by atoms with Gasteiger partial charge < -0.3 is 23.0 Å². The monoisotopic (exact) mass is 1890 g/mol. The molecule has 23 aromatic rings. The molecule has 0 bridgehead atoms. The quantitative estimate of drug-likeness (QED) is 0.137. The number of hydrogen-bond acceptors (Lipinski definition) is 5. The van der Waals surface area contributed by atoms with Crippen LogP contribution < -0.4 is 9.64 Å². The maximum Gasteiger partial charge on any atom is 0.213 e. The van der Waals surface area contributed by atoms with Gasteiger partial charge in [-0.1, -0.05) is 373 Å². The third-order valence-corrected chi connectivity index (χ3v) is 30.0. The van der Waals surface area contributed by atoms with Crippen LogP contribution in [0.25, 0.3) is 144 Å². The Bertz CT molecular complexity index is 8770. The van der Waals surface area contributed by atoms with Crippen molar-refractivity contribution in [1.29, 1.82) is 0 Å². The second-order valence-electron chi connectivity index (χ2n) is 35.6. The lowest BCUT2D eigenvalue weighted by Gasteiger charge is -2.33. The zero-order valence-corrected chi connectivity index (χ0v) is 78.5. The van der Waals surface area contributed by atoms with Crippen LogP contribution in [0, 0.1) is 6.92 Å². The van der Waals surface area contributed by atoms with Crippen LogP contribution in [-0.4, -0.2) is 14.1 Å². The first kappa shape index (κ1) is 83.2. The van der Waals surface area contributed by atoms with E-state index in [4.69, 9.17) is 83.2 Å². The molecule has 656 valence electrons. The number of halogens is 6. The number of benzene rings is 18. The van der Waals surface area contributed by atoms with Gasteiger partial charge in [-0.25, -0.2) is 0 Å². The highest BCUT2D eigenvalue weighted by Gasteiger charge is 2.41. The number of aryl methyl sites for hydroxylation is 1. The number of furan rings is 2. The minimum Gasteiger partial charge on any atom is -0.454 e. The van der Waals surface area contributed by atoms with Crippen molar-refractivity contribution < 1.29 is 13.6 Å². The van der Waals surface area contributed by atoms with Gasteiger partial charge in [-0.05, 0) is 244 Å². The molecule has 13 heteroatoms. The average molecular weight is 1890 g/mol. The summed E-state index contributed by atoms with van der Waals surface area (Å²) < 4.78 is 23.8. The van der Waals surface area contributed by atoms with E-state index in [1.54, 1.807) is 0 Å². The van der Waals surface area contributed by atoms with E-state index in [1.807, 2.05) is 91.9 Å². The molecule has 1 unspecified atom stereocenters. The van der Waals surface area contributed by atoms with Crippen molar-refractivity contribution in [3.63, 3.8) is 0 Å². The Hall–Kier alpha value is -15.4. The number of para-hydroxylation sites is 8. The number of pyridine rings is 1. The van der Waals surface area contributed by atoms with Crippen LogP contribution in [0.1, 0.15) is 95.6 Å². The second kappa shape index (κ2) is 33.6. The van der Waals surface area contributed by atoms with Crippen molar-refractivity contribution in [2.75, 3.05) is 4.90 Å². The SMILES string of the molecule is Cc1cc(Cl)c(C(c2c(Cl)cncc2Cl)c2c(Cl)cc(N3c4ccccc4Oc4ccccc43)cc2Cl)c(Cl)c1.c1ccc2c(c1)C(=C(c1ccc(-n3c4ccccc4c4c5ccccc5oc43)cc1)C1c3ccccc3-c3ccccc31)c1ccccc1-2.c1ccc2c(c1)C(=C(c1ccc(-n3c4ccccc4c4oc5ccccc5c43)cc1)C1c3ccccc3-c3ccccc31)c1ccccc1-2. The van der Waals surface area contributed by atoms with E-state index < -0.39 is 5.92 Å². The fraction of sp³-hybridized carbons (Fsp3) is 0.0320. The Morgan fingerprint density at radius 2 is 0.638 bits per heavy atom. The van der Waals surface area contributed by atoms with Gasteiger partial charge in [-0.15, -0.1) is 0 Å². The third kappa shape index (κ3) is 13.3. The van der Waals surface area contributed by atoms with Gasteiger partial charge in [0.05, 0.1) is 37.8 Å². The normalized spacial score (nSPS) is 13.1. The fourth-order valence-corrected chi connectivity index (χ4v) is 24.6. The molecule has 5 aromatic heterocycles. The van der Waals surface area contributed by atoms with Gasteiger partial charge in [0, 0.05) is 106 Å². The molecule has 18 aromatic carbocycles. The first-order valence-electron chi connectivity index (χ1n) is 46.1. The van der Waals surface area contributed by atoms with Crippen LogP contribution >= 0.6 is 69.6 Å². The molecule has 1 aliphatic heterocycles. The molecule has 0 fully saturated rings. The van der Waals surface area contributed by atoms with Gasteiger partial charge in [0.25, 0.3) is 0 Å². The molecule has 0 amide bonds. The maximum absolute atomic E-state index is 7.11. The van der Waals surface area contributed by atoms with Gasteiger partial charge in [0.15, 0.2) is 17.1 Å².